The zero-order valence-corrected chi connectivity index (χ0v) is 14.0. The number of carbonyl (C=O) groups is 1. The zero-order chi connectivity index (χ0) is 16.1. The molecule has 6 heteroatoms. The summed E-state index contributed by atoms with van der Waals surface area (Å²) in [6, 6.07) is 5.86. The van der Waals surface area contributed by atoms with Crippen LogP contribution in [0, 0.1) is 13.8 Å². The topological polar surface area (TPSA) is 54.9 Å². The minimum absolute atomic E-state index is 0.170. The van der Waals surface area contributed by atoms with Crippen molar-refractivity contribution in [3.8, 4) is 0 Å². The lowest BCUT2D eigenvalue weighted by Gasteiger charge is -2.10. The molecule has 1 amide bonds. The first-order valence-electron chi connectivity index (χ1n) is 6.66. The van der Waals surface area contributed by atoms with Gasteiger partial charge in [0, 0.05) is 11.4 Å². The Labute approximate surface area is 139 Å². The monoisotopic (exact) mass is 333 g/mol. The molecule has 0 unspecified atom stereocenters. The van der Waals surface area contributed by atoms with Gasteiger partial charge in [-0.25, -0.2) is 9.97 Å². The normalized spacial score (nSPS) is 10.3. The van der Waals surface area contributed by atoms with Crippen molar-refractivity contribution in [2.45, 2.75) is 19.0 Å². The number of benzene rings is 1. The molecule has 4 nitrogen and oxygen atoms in total. The standard InChI is InChI=1S/C16H16ClN3OS/c1-4-7-22-16-18-9-12(17)14(20-16)15(21)19-13-8-10(2)5-6-11(13)3/h4-6,8-9H,1,7H2,2-3H3,(H,19,21). The summed E-state index contributed by atoms with van der Waals surface area (Å²) in [5.74, 6) is 0.321. The highest BCUT2D eigenvalue weighted by Gasteiger charge is 2.15. The molecule has 1 aromatic heterocycles. The summed E-state index contributed by atoms with van der Waals surface area (Å²) in [6.07, 6.45) is 3.19. The highest BCUT2D eigenvalue weighted by molar-refractivity contribution is 7.99. The third-order valence-corrected chi connectivity index (χ3v) is 4.04. The van der Waals surface area contributed by atoms with Crippen LogP contribution < -0.4 is 5.32 Å². The largest absolute Gasteiger partial charge is 0.320 e. The van der Waals surface area contributed by atoms with E-state index >= 15 is 0 Å². The molecular formula is C16H16ClN3OS. The first-order valence-corrected chi connectivity index (χ1v) is 8.02. The average molecular weight is 334 g/mol. The summed E-state index contributed by atoms with van der Waals surface area (Å²) < 4.78 is 0. The number of nitrogens with one attached hydrogen (secondary N) is 1. The second-order valence-electron chi connectivity index (χ2n) is 4.72. The van der Waals surface area contributed by atoms with E-state index in [0.29, 0.717) is 10.9 Å². The Morgan fingerprint density at radius 3 is 2.95 bits per heavy atom. The van der Waals surface area contributed by atoms with Gasteiger partial charge in [-0.05, 0) is 31.0 Å². The molecule has 0 atom stereocenters. The molecule has 0 bridgehead atoms. The molecule has 0 fully saturated rings. The van der Waals surface area contributed by atoms with Gasteiger partial charge < -0.3 is 5.32 Å². The van der Waals surface area contributed by atoms with Crippen molar-refractivity contribution in [2.24, 2.45) is 0 Å². The molecule has 114 valence electrons. The van der Waals surface area contributed by atoms with Crippen LogP contribution in [0.2, 0.25) is 5.02 Å². The Kier molecular flexibility index (Phi) is 5.57. The van der Waals surface area contributed by atoms with E-state index in [0.717, 1.165) is 16.8 Å². The van der Waals surface area contributed by atoms with Crippen LogP contribution in [0.3, 0.4) is 0 Å². The summed E-state index contributed by atoms with van der Waals surface area (Å²) in [6.45, 7) is 7.54. The van der Waals surface area contributed by atoms with E-state index < -0.39 is 0 Å². The van der Waals surface area contributed by atoms with Gasteiger partial charge in [0.2, 0.25) is 0 Å². The quantitative estimate of drug-likeness (QED) is 0.504. The molecule has 1 heterocycles. The summed E-state index contributed by atoms with van der Waals surface area (Å²) in [7, 11) is 0. The molecule has 0 saturated carbocycles. The second-order valence-corrected chi connectivity index (χ2v) is 6.12. The van der Waals surface area contributed by atoms with E-state index in [-0.39, 0.29) is 16.6 Å². The maximum Gasteiger partial charge on any atom is 0.275 e. The minimum atomic E-state index is -0.346. The van der Waals surface area contributed by atoms with Crippen LogP contribution in [0.25, 0.3) is 0 Å². The Balaban J connectivity index is 2.25. The van der Waals surface area contributed by atoms with Gasteiger partial charge in [-0.3, -0.25) is 4.79 Å². The molecule has 0 aliphatic rings. The van der Waals surface area contributed by atoms with E-state index in [9.17, 15) is 4.79 Å². The van der Waals surface area contributed by atoms with Crippen LogP contribution >= 0.6 is 23.4 Å². The van der Waals surface area contributed by atoms with Crippen molar-refractivity contribution in [1.82, 2.24) is 9.97 Å². The third kappa shape index (κ3) is 4.08. The number of amides is 1. The maximum atomic E-state index is 12.4. The fourth-order valence-electron chi connectivity index (χ4n) is 1.77. The molecular weight excluding hydrogens is 318 g/mol. The van der Waals surface area contributed by atoms with Crippen LogP contribution in [0.4, 0.5) is 5.69 Å². The van der Waals surface area contributed by atoms with Crippen molar-refractivity contribution in [2.75, 3.05) is 11.1 Å². The Morgan fingerprint density at radius 2 is 2.23 bits per heavy atom. The number of nitrogens with zero attached hydrogens (tertiary/aromatic N) is 2. The summed E-state index contributed by atoms with van der Waals surface area (Å²) in [5, 5.41) is 3.57. The minimum Gasteiger partial charge on any atom is -0.320 e. The van der Waals surface area contributed by atoms with Crippen molar-refractivity contribution < 1.29 is 4.79 Å². The number of halogens is 1. The van der Waals surface area contributed by atoms with Gasteiger partial charge in [-0.1, -0.05) is 41.6 Å². The highest BCUT2D eigenvalue weighted by Crippen LogP contribution is 2.21. The van der Waals surface area contributed by atoms with Crippen LogP contribution in [0.1, 0.15) is 21.6 Å². The SMILES string of the molecule is C=CCSc1ncc(Cl)c(C(=O)Nc2cc(C)ccc2C)n1. The van der Waals surface area contributed by atoms with Crippen molar-refractivity contribution >= 4 is 35.0 Å². The van der Waals surface area contributed by atoms with Gasteiger partial charge >= 0.3 is 0 Å². The van der Waals surface area contributed by atoms with Gasteiger partial charge in [-0.2, -0.15) is 0 Å². The number of aryl methyl sites for hydroxylation is 2. The third-order valence-electron chi connectivity index (χ3n) is 2.91. The second kappa shape index (κ2) is 7.42. The first-order chi connectivity index (χ1) is 10.5. The van der Waals surface area contributed by atoms with E-state index in [1.54, 1.807) is 6.08 Å². The molecule has 0 aliphatic heterocycles. The summed E-state index contributed by atoms with van der Waals surface area (Å²) in [5.41, 5.74) is 2.96. The van der Waals surface area contributed by atoms with Crippen molar-refractivity contribution in [1.29, 1.82) is 0 Å². The van der Waals surface area contributed by atoms with Gasteiger partial charge in [0.15, 0.2) is 10.9 Å². The van der Waals surface area contributed by atoms with Crippen LogP contribution in [0.15, 0.2) is 42.2 Å². The Bertz CT molecular complexity index is 719. The van der Waals surface area contributed by atoms with Gasteiger partial charge in [-0.15, -0.1) is 6.58 Å². The number of carbonyl (C=O) groups excluding carboxylic acids is 1. The smallest absolute Gasteiger partial charge is 0.275 e. The first kappa shape index (κ1) is 16.5. The van der Waals surface area contributed by atoms with Gasteiger partial charge in [0.05, 0.1) is 11.2 Å². The predicted octanol–water partition coefficient (Wildman–Crippen LogP) is 4.28. The Hall–Kier alpha value is -1.85. The number of hydrogen-bond acceptors (Lipinski definition) is 4. The lowest BCUT2D eigenvalue weighted by molar-refractivity contribution is 0.102. The number of hydrogen-bond donors (Lipinski definition) is 1. The number of rotatable bonds is 5. The maximum absolute atomic E-state index is 12.4. The lowest BCUT2D eigenvalue weighted by atomic mass is 10.1. The average Bonchev–Trinajstić information content (AvgIpc) is 2.50. The Morgan fingerprint density at radius 1 is 1.45 bits per heavy atom. The lowest BCUT2D eigenvalue weighted by Crippen LogP contribution is -2.16. The number of aromatic nitrogens is 2. The van der Waals surface area contributed by atoms with Crippen LogP contribution in [-0.2, 0) is 0 Å². The fourth-order valence-corrected chi connectivity index (χ4v) is 2.49. The molecule has 1 aromatic carbocycles. The zero-order valence-electron chi connectivity index (χ0n) is 12.4. The van der Waals surface area contributed by atoms with E-state index in [2.05, 4.69) is 21.9 Å². The molecule has 2 rings (SSSR count). The molecule has 2 aromatic rings. The van der Waals surface area contributed by atoms with E-state index in [1.165, 1.54) is 18.0 Å². The highest BCUT2D eigenvalue weighted by atomic mass is 35.5. The number of anilines is 1. The molecule has 0 aliphatic carbocycles. The molecule has 0 radical (unpaired) electrons. The van der Waals surface area contributed by atoms with Crippen LogP contribution in [-0.4, -0.2) is 21.6 Å². The predicted molar refractivity (Wildman–Crippen MR) is 91.8 cm³/mol. The molecule has 22 heavy (non-hydrogen) atoms. The summed E-state index contributed by atoms with van der Waals surface area (Å²) in [4.78, 5) is 20.7. The van der Waals surface area contributed by atoms with Crippen LogP contribution in [0.5, 0.6) is 0 Å². The van der Waals surface area contributed by atoms with E-state index in [4.69, 9.17) is 11.6 Å². The van der Waals surface area contributed by atoms with E-state index in [1.807, 2.05) is 32.0 Å². The summed E-state index contributed by atoms with van der Waals surface area (Å²) >= 11 is 7.44. The molecule has 0 saturated heterocycles. The molecule has 0 spiro atoms. The van der Waals surface area contributed by atoms with Gasteiger partial charge in [0.25, 0.3) is 5.91 Å². The number of thioether (sulfide) groups is 1. The van der Waals surface area contributed by atoms with Crippen molar-refractivity contribution in [3.63, 3.8) is 0 Å². The fraction of sp³-hybridized carbons (Fsp3) is 0.188. The van der Waals surface area contributed by atoms with Gasteiger partial charge in [0.1, 0.15) is 0 Å². The van der Waals surface area contributed by atoms with Crippen molar-refractivity contribution in [3.05, 3.63) is 58.9 Å². The molecule has 1 N–H and O–H groups in total.